The van der Waals surface area contributed by atoms with Crippen LogP contribution < -0.4 is 5.32 Å². The van der Waals surface area contributed by atoms with Gasteiger partial charge in [-0.25, -0.2) is 0 Å². The van der Waals surface area contributed by atoms with Crippen molar-refractivity contribution in [2.75, 3.05) is 7.05 Å². The van der Waals surface area contributed by atoms with Gasteiger partial charge in [0, 0.05) is 12.6 Å². The Labute approximate surface area is 95.8 Å². The molecule has 16 heavy (non-hydrogen) atoms. The maximum atomic E-state index is 11.7. The number of aliphatic hydroxyl groups is 1. The summed E-state index contributed by atoms with van der Waals surface area (Å²) in [4.78, 5) is 24.1. The Morgan fingerprint density at radius 2 is 1.81 bits per heavy atom. The van der Waals surface area contributed by atoms with Crippen molar-refractivity contribution in [1.29, 1.82) is 0 Å². The molecule has 92 valence electrons. The van der Waals surface area contributed by atoms with Gasteiger partial charge in [0.1, 0.15) is 0 Å². The predicted octanol–water partition coefficient (Wildman–Crippen LogP) is -0.117. The van der Waals surface area contributed by atoms with Crippen molar-refractivity contribution in [1.82, 2.24) is 10.2 Å². The van der Waals surface area contributed by atoms with Gasteiger partial charge in [0.05, 0.1) is 18.1 Å². The fourth-order valence-electron chi connectivity index (χ4n) is 1.48. The van der Waals surface area contributed by atoms with Crippen LogP contribution in [0.3, 0.4) is 0 Å². The third kappa shape index (κ3) is 2.25. The van der Waals surface area contributed by atoms with Crippen LogP contribution in [0.25, 0.3) is 0 Å². The zero-order chi connectivity index (χ0) is 12.7. The quantitative estimate of drug-likeness (QED) is 0.661. The number of nitrogens with zero attached hydrogens (tertiary/aromatic N) is 1. The average molecular weight is 228 g/mol. The Morgan fingerprint density at radius 3 is 2.12 bits per heavy atom. The van der Waals surface area contributed by atoms with E-state index < -0.39 is 17.2 Å². The topological polar surface area (TPSA) is 69.6 Å². The second-order valence-corrected chi connectivity index (χ2v) is 5.38. The van der Waals surface area contributed by atoms with Gasteiger partial charge in [0.25, 0.3) is 0 Å². The lowest BCUT2D eigenvalue weighted by atomic mass is 9.85. The van der Waals surface area contributed by atoms with Crippen LogP contribution in [-0.2, 0) is 9.59 Å². The summed E-state index contributed by atoms with van der Waals surface area (Å²) in [5.41, 5.74) is -1.61. The highest BCUT2D eigenvalue weighted by atomic mass is 16.3. The summed E-state index contributed by atoms with van der Waals surface area (Å²) in [5, 5.41) is 13.0. The number of carbonyl (C=O) groups excluding carboxylic acids is 2. The fraction of sp³-hybridized carbons (Fsp3) is 0.818. The van der Waals surface area contributed by atoms with Crippen LogP contribution in [0.2, 0.25) is 0 Å². The molecule has 1 unspecified atom stereocenters. The van der Waals surface area contributed by atoms with E-state index in [1.807, 2.05) is 13.8 Å². The molecule has 1 atom stereocenters. The Kier molecular flexibility index (Phi) is 3.13. The highest BCUT2D eigenvalue weighted by molar-refractivity contribution is 6.05. The first-order valence-corrected chi connectivity index (χ1v) is 5.37. The molecule has 0 radical (unpaired) electrons. The van der Waals surface area contributed by atoms with Crippen molar-refractivity contribution >= 4 is 11.8 Å². The van der Waals surface area contributed by atoms with Crippen LogP contribution in [0.4, 0.5) is 0 Å². The molecule has 2 N–H and O–H groups in total. The summed E-state index contributed by atoms with van der Waals surface area (Å²) < 4.78 is 0. The van der Waals surface area contributed by atoms with Gasteiger partial charge in [0.15, 0.2) is 0 Å². The molecule has 1 rings (SSSR count). The first kappa shape index (κ1) is 13.1. The van der Waals surface area contributed by atoms with E-state index in [2.05, 4.69) is 5.32 Å². The molecule has 0 aromatic carbocycles. The molecule has 0 aromatic rings. The minimum atomic E-state index is -0.975. The molecule has 2 amide bonds. The molecule has 5 heteroatoms. The van der Waals surface area contributed by atoms with E-state index in [0.29, 0.717) is 0 Å². The summed E-state index contributed by atoms with van der Waals surface area (Å²) in [5.74, 6) is -0.420. The molecule has 5 nitrogen and oxygen atoms in total. The standard InChI is InChI=1S/C11H20N2O3/c1-10(2,11(3,4)16)12-7-6-8(14)13(5)9(7)15/h7,12,16H,6H2,1-5H3. The van der Waals surface area contributed by atoms with E-state index in [9.17, 15) is 14.7 Å². The Morgan fingerprint density at radius 1 is 1.31 bits per heavy atom. The van der Waals surface area contributed by atoms with Gasteiger partial charge in [-0.15, -0.1) is 0 Å². The van der Waals surface area contributed by atoms with Crippen LogP contribution in [0.5, 0.6) is 0 Å². The number of hydrogen-bond donors (Lipinski definition) is 2. The number of imide groups is 1. The van der Waals surface area contributed by atoms with E-state index in [-0.39, 0.29) is 18.2 Å². The molecule has 1 fully saturated rings. The number of hydrogen-bond acceptors (Lipinski definition) is 4. The van der Waals surface area contributed by atoms with Crippen LogP contribution in [0.1, 0.15) is 34.1 Å². The first-order valence-electron chi connectivity index (χ1n) is 5.37. The summed E-state index contributed by atoms with van der Waals surface area (Å²) in [6, 6.07) is -0.529. The summed E-state index contributed by atoms with van der Waals surface area (Å²) in [6.07, 6.45) is 0.162. The largest absolute Gasteiger partial charge is 0.389 e. The Balaban J connectivity index is 2.77. The van der Waals surface area contributed by atoms with Gasteiger partial charge < -0.3 is 5.11 Å². The predicted molar refractivity (Wildman–Crippen MR) is 59.7 cm³/mol. The third-order valence-electron chi connectivity index (χ3n) is 3.45. The fourth-order valence-corrected chi connectivity index (χ4v) is 1.48. The molecule has 1 aliphatic rings. The summed E-state index contributed by atoms with van der Waals surface area (Å²) in [6.45, 7) is 6.96. The van der Waals surface area contributed by atoms with Crippen molar-refractivity contribution in [3.63, 3.8) is 0 Å². The highest BCUT2D eigenvalue weighted by Gasteiger charge is 2.43. The molecule has 0 aliphatic carbocycles. The minimum Gasteiger partial charge on any atom is -0.389 e. The molecule has 0 bridgehead atoms. The smallest absolute Gasteiger partial charge is 0.246 e. The third-order valence-corrected chi connectivity index (χ3v) is 3.45. The second kappa shape index (κ2) is 3.82. The van der Waals surface area contributed by atoms with Crippen LogP contribution in [-0.4, -0.2) is 46.1 Å². The normalized spacial score (nSPS) is 23.1. The lowest BCUT2D eigenvalue weighted by Crippen LogP contribution is -2.60. The maximum absolute atomic E-state index is 11.7. The van der Waals surface area contributed by atoms with Gasteiger partial charge in [-0.2, -0.15) is 0 Å². The Bertz CT molecular complexity index is 318. The van der Waals surface area contributed by atoms with Crippen LogP contribution in [0, 0.1) is 0 Å². The van der Waals surface area contributed by atoms with E-state index in [1.165, 1.54) is 7.05 Å². The van der Waals surface area contributed by atoms with Crippen molar-refractivity contribution in [3.05, 3.63) is 0 Å². The molecular formula is C11H20N2O3. The molecular weight excluding hydrogens is 208 g/mol. The summed E-state index contributed by atoms with van der Waals surface area (Å²) >= 11 is 0. The van der Waals surface area contributed by atoms with Crippen molar-refractivity contribution in [3.8, 4) is 0 Å². The van der Waals surface area contributed by atoms with Crippen molar-refractivity contribution in [2.45, 2.75) is 51.3 Å². The SMILES string of the molecule is CN1C(=O)CC(NC(C)(C)C(C)(C)O)C1=O. The van der Waals surface area contributed by atoms with Gasteiger partial charge in [0.2, 0.25) is 11.8 Å². The monoisotopic (exact) mass is 228 g/mol. The van der Waals surface area contributed by atoms with E-state index in [0.717, 1.165) is 4.90 Å². The van der Waals surface area contributed by atoms with E-state index in [4.69, 9.17) is 0 Å². The number of nitrogens with one attached hydrogen (secondary N) is 1. The van der Waals surface area contributed by atoms with Gasteiger partial charge in [-0.3, -0.25) is 19.8 Å². The second-order valence-electron chi connectivity index (χ2n) is 5.38. The molecule has 0 spiro atoms. The molecule has 0 saturated carbocycles. The number of carbonyl (C=O) groups is 2. The zero-order valence-electron chi connectivity index (χ0n) is 10.5. The molecule has 0 aromatic heterocycles. The molecule has 1 saturated heterocycles. The van der Waals surface area contributed by atoms with Gasteiger partial charge in [-0.1, -0.05) is 0 Å². The number of amides is 2. The summed E-state index contributed by atoms with van der Waals surface area (Å²) in [7, 11) is 1.48. The lowest BCUT2D eigenvalue weighted by molar-refractivity contribution is -0.137. The minimum absolute atomic E-state index is 0.162. The first-order chi connectivity index (χ1) is 7.06. The van der Waals surface area contributed by atoms with E-state index >= 15 is 0 Å². The molecule has 1 aliphatic heterocycles. The zero-order valence-corrected chi connectivity index (χ0v) is 10.5. The lowest BCUT2D eigenvalue weighted by Gasteiger charge is -2.39. The number of likely N-dealkylation sites (N-methyl/N-ethyl adjacent to an activating group) is 1. The molecule has 1 heterocycles. The van der Waals surface area contributed by atoms with Crippen LogP contribution >= 0.6 is 0 Å². The van der Waals surface area contributed by atoms with Crippen molar-refractivity contribution < 1.29 is 14.7 Å². The number of likely N-dealkylation sites (tertiary alicyclic amines) is 1. The van der Waals surface area contributed by atoms with Crippen LogP contribution in [0.15, 0.2) is 0 Å². The van der Waals surface area contributed by atoms with Gasteiger partial charge >= 0.3 is 0 Å². The average Bonchev–Trinajstić information content (AvgIpc) is 2.31. The maximum Gasteiger partial charge on any atom is 0.246 e. The van der Waals surface area contributed by atoms with Crippen molar-refractivity contribution in [2.24, 2.45) is 0 Å². The number of rotatable bonds is 3. The Hall–Kier alpha value is -0.940. The van der Waals surface area contributed by atoms with Gasteiger partial charge in [-0.05, 0) is 27.7 Å². The highest BCUT2D eigenvalue weighted by Crippen LogP contribution is 2.23. The van der Waals surface area contributed by atoms with E-state index in [1.54, 1.807) is 13.8 Å².